The molecule has 5 nitrogen and oxygen atoms in total. The molecule has 120 valence electrons. The molecule has 3 rings (SSSR count). The van der Waals surface area contributed by atoms with Gasteiger partial charge in [0.2, 0.25) is 0 Å². The minimum absolute atomic E-state index is 0.901. The van der Waals surface area contributed by atoms with E-state index in [1.807, 2.05) is 31.1 Å². The van der Waals surface area contributed by atoms with Crippen LogP contribution in [0.15, 0.2) is 43.2 Å². The number of ether oxygens (including phenoxy) is 1. The smallest absolute Gasteiger partial charge is 0.143 e. The first-order chi connectivity index (χ1) is 11.2. The van der Waals surface area contributed by atoms with E-state index in [-0.39, 0.29) is 0 Å². The molecule has 0 atom stereocenters. The minimum atomic E-state index is 0.901. The van der Waals surface area contributed by atoms with Crippen molar-refractivity contribution in [2.75, 3.05) is 7.11 Å². The molecule has 3 aromatic rings. The highest BCUT2D eigenvalue weighted by molar-refractivity contribution is 5.68. The van der Waals surface area contributed by atoms with E-state index in [0.717, 1.165) is 42.2 Å². The molecule has 2 aromatic heterocycles. The molecule has 0 aliphatic carbocycles. The van der Waals surface area contributed by atoms with Gasteiger partial charge in [0.05, 0.1) is 19.0 Å². The van der Waals surface area contributed by atoms with Gasteiger partial charge in [-0.05, 0) is 37.5 Å². The number of rotatable bonds is 6. The average Bonchev–Trinajstić information content (AvgIpc) is 3.18. The van der Waals surface area contributed by atoms with E-state index >= 15 is 0 Å². The van der Waals surface area contributed by atoms with E-state index in [4.69, 9.17) is 4.74 Å². The van der Waals surface area contributed by atoms with Gasteiger partial charge in [0.1, 0.15) is 11.6 Å². The van der Waals surface area contributed by atoms with Crippen LogP contribution in [0.5, 0.6) is 5.75 Å². The zero-order chi connectivity index (χ0) is 16.2. The molecule has 1 aromatic carbocycles. The Labute approximate surface area is 136 Å². The third-order valence-electron chi connectivity index (χ3n) is 3.95. The van der Waals surface area contributed by atoms with Crippen molar-refractivity contribution in [2.45, 2.75) is 33.4 Å². The number of benzene rings is 1. The van der Waals surface area contributed by atoms with Crippen molar-refractivity contribution < 1.29 is 4.74 Å². The number of imidazole rings is 2. The Morgan fingerprint density at radius 3 is 2.70 bits per heavy atom. The van der Waals surface area contributed by atoms with E-state index in [1.165, 1.54) is 5.56 Å². The first kappa shape index (κ1) is 15.3. The van der Waals surface area contributed by atoms with Crippen LogP contribution in [0.2, 0.25) is 0 Å². The fraction of sp³-hybridized carbons (Fsp3) is 0.333. The Balaban J connectivity index is 1.83. The lowest BCUT2D eigenvalue weighted by atomic mass is 10.0. The second-order valence-electron chi connectivity index (χ2n) is 5.76. The second kappa shape index (κ2) is 6.69. The molecule has 2 heterocycles. The van der Waals surface area contributed by atoms with Crippen LogP contribution < -0.4 is 4.74 Å². The Kier molecular flexibility index (Phi) is 4.46. The largest absolute Gasteiger partial charge is 0.496 e. The molecule has 0 fully saturated rings. The molecule has 0 amide bonds. The first-order valence-corrected chi connectivity index (χ1v) is 7.81. The minimum Gasteiger partial charge on any atom is -0.496 e. The number of aromatic nitrogens is 4. The van der Waals surface area contributed by atoms with E-state index in [9.17, 15) is 0 Å². The normalized spacial score (nSPS) is 10.9. The molecule has 0 bridgehead atoms. The topological polar surface area (TPSA) is 44.9 Å². The summed E-state index contributed by atoms with van der Waals surface area (Å²) in [6.45, 7) is 6.02. The number of nitrogens with zero attached hydrogens (tertiary/aromatic N) is 4. The van der Waals surface area contributed by atoms with Gasteiger partial charge in [-0.15, -0.1) is 0 Å². The lowest BCUT2D eigenvalue weighted by Crippen LogP contribution is -2.05. The lowest BCUT2D eigenvalue weighted by Gasteiger charge is -2.14. The molecular weight excluding hydrogens is 288 g/mol. The van der Waals surface area contributed by atoms with Crippen molar-refractivity contribution in [3.63, 3.8) is 0 Å². The van der Waals surface area contributed by atoms with Gasteiger partial charge < -0.3 is 13.9 Å². The van der Waals surface area contributed by atoms with Crippen LogP contribution in [0.1, 0.15) is 17.5 Å². The van der Waals surface area contributed by atoms with Crippen molar-refractivity contribution in [2.24, 2.45) is 0 Å². The van der Waals surface area contributed by atoms with Crippen LogP contribution in [0, 0.1) is 13.8 Å². The van der Waals surface area contributed by atoms with Crippen LogP contribution in [-0.4, -0.2) is 26.2 Å². The van der Waals surface area contributed by atoms with Gasteiger partial charge in [-0.1, -0.05) is 6.07 Å². The standard InChI is InChI=1S/C18H22N4O/c1-14-11-15(2)17(23-3)16(12-14)18-20-6-10-22(18)8-4-7-21-9-5-19-13-21/h5-6,9-13H,4,7-8H2,1-3H3. The maximum atomic E-state index is 5.61. The molecule has 0 aliphatic rings. The lowest BCUT2D eigenvalue weighted by molar-refractivity contribution is 0.412. The second-order valence-corrected chi connectivity index (χ2v) is 5.76. The molecule has 0 saturated heterocycles. The summed E-state index contributed by atoms with van der Waals surface area (Å²) >= 11 is 0. The van der Waals surface area contributed by atoms with Crippen LogP contribution in [0.25, 0.3) is 11.4 Å². The van der Waals surface area contributed by atoms with E-state index in [0.29, 0.717) is 0 Å². The van der Waals surface area contributed by atoms with Crippen molar-refractivity contribution in [1.82, 2.24) is 19.1 Å². The first-order valence-electron chi connectivity index (χ1n) is 7.81. The molecule has 23 heavy (non-hydrogen) atoms. The van der Waals surface area contributed by atoms with Gasteiger partial charge >= 0.3 is 0 Å². The van der Waals surface area contributed by atoms with Crippen LogP contribution in [0.4, 0.5) is 0 Å². The summed E-state index contributed by atoms with van der Waals surface area (Å²) in [5, 5.41) is 0. The predicted molar refractivity (Wildman–Crippen MR) is 90.5 cm³/mol. The monoisotopic (exact) mass is 310 g/mol. The van der Waals surface area contributed by atoms with Crippen molar-refractivity contribution >= 4 is 0 Å². The molecule has 0 aliphatic heterocycles. The molecule has 0 saturated carbocycles. The molecule has 0 radical (unpaired) electrons. The number of hydrogen-bond donors (Lipinski definition) is 0. The highest BCUT2D eigenvalue weighted by atomic mass is 16.5. The Morgan fingerprint density at radius 2 is 1.96 bits per heavy atom. The van der Waals surface area contributed by atoms with Crippen molar-refractivity contribution in [1.29, 1.82) is 0 Å². The summed E-state index contributed by atoms with van der Waals surface area (Å²) in [6.07, 6.45) is 10.5. The van der Waals surface area contributed by atoms with E-state index in [1.54, 1.807) is 7.11 Å². The maximum absolute atomic E-state index is 5.61. The van der Waals surface area contributed by atoms with Crippen LogP contribution >= 0.6 is 0 Å². The van der Waals surface area contributed by atoms with E-state index < -0.39 is 0 Å². The summed E-state index contributed by atoms with van der Waals surface area (Å²) < 4.78 is 9.89. The summed E-state index contributed by atoms with van der Waals surface area (Å²) in [4.78, 5) is 8.63. The molecule has 0 N–H and O–H groups in total. The summed E-state index contributed by atoms with van der Waals surface area (Å²) in [5.41, 5.74) is 3.40. The van der Waals surface area contributed by atoms with Crippen LogP contribution in [-0.2, 0) is 13.1 Å². The highest BCUT2D eigenvalue weighted by Gasteiger charge is 2.14. The summed E-state index contributed by atoms with van der Waals surface area (Å²) in [6, 6.07) is 4.27. The zero-order valence-corrected chi connectivity index (χ0v) is 13.9. The Morgan fingerprint density at radius 1 is 1.09 bits per heavy atom. The predicted octanol–water partition coefficient (Wildman–Crippen LogP) is 3.46. The highest BCUT2D eigenvalue weighted by Crippen LogP contribution is 2.33. The molecular formula is C18H22N4O. The van der Waals surface area contributed by atoms with Gasteiger partial charge in [-0.2, -0.15) is 0 Å². The van der Waals surface area contributed by atoms with Crippen molar-refractivity contribution in [3.05, 3.63) is 54.4 Å². The number of aryl methyl sites for hydroxylation is 4. The molecule has 5 heteroatoms. The van der Waals surface area contributed by atoms with Gasteiger partial charge in [-0.3, -0.25) is 0 Å². The van der Waals surface area contributed by atoms with Gasteiger partial charge in [0, 0.05) is 37.9 Å². The van der Waals surface area contributed by atoms with Gasteiger partial charge in [0.25, 0.3) is 0 Å². The zero-order valence-electron chi connectivity index (χ0n) is 13.9. The van der Waals surface area contributed by atoms with E-state index in [2.05, 4.69) is 45.1 Å². The number of methoxy groups -OCH3 is 1. The number of hydrogen-bond acceptors (Lipinski definition) is 3. The van der Waals surface area contributed by atoms with Gasteiger partial charge in [0.15, 0.2) is 0 Å². The molecule has 0 spiro atoms. The van der Waals surface area contributed by atoms with Gasteiger partial charge in [-0.25, -0.2) is 9.97 Å². The fourth-order valence-corrected chi connectivity index (χ4v) is 2.97. The summed E-state index contributed by atoms with van der Waals surface area (Å²) in [5.74, 6) is 1.86. The Hall–Kier alpha value is -2.56. The fourth-order valence-electron chi connectivity index (χ4n) is 2.97. The third kappa shape index (κ3) is 3.28. The third-order valence-corrected chi connectivity index (χ3v) is 3.95. The molecule has 0 unspecified atom stereocenters. The Bertz CT molecular complexity index is 774. The maximum Gasteiger partial charge on any atom is 0.143 e. The summed E-state index contributed by atoms with van der Waals surface area (Å²) in [7, 11) is 1.72. The quantitative estimate of drug-likeness (QED) is 0.700. The average molecular weight is 310 g/mol. The van der Waals surface area contributed by atoms with Crippen LogP contribution in [0.3, 0.4) is 0 Å². The van der Waals surface area contributed by atoms with Crippen molar-refractivity contribution in [3.8, 4) is 17.1 Å². The SMILES string of the molecule is COc1c(C)cc(C)cc1-c1nccn1CCCn1ccnc1.